The largest absolute Gasteiger partial charge is 0.293 e. The van der Waals surface area contributed by atoms with E-state index in [1.807, 2.05) is 0 Å². The minimum atomic E-state index is -1.26. The Morgan fingerprint density at radius 3 is 2.28 bits per heavy atom. The Hall–Kier alpha value is -0.603. The van der Waals surface area contributed by atoms with E-state index in [4.69, 9.17) is 0 Å². The third kappa shape index (κ3) is 1.96. The maximum Gasteiger partial charge on any atom is 0.0754 e. The first kappa shape index (κ1) is 13.8. The second kappa shape index (κ2) is 4.82. The molecular weight excluding hydrogens is 234 g/mol. The minimum Gasteiger partial charge on any atom is -0.293 e. The summed E-state index contributed by atoms with van der Waals surface area (Å²) in [6.45, 7) is 9.84. The van der Waals surface area contributed by atoms with Crippen molar-refractivity contribution >= 4 is 8.07 Å². The lowest BCUT2D eigenvalue weighted by atomic mass is 10.1. The molecule has 0 bridgehead atoms. The molecule has 1 nitrogen and oxygen atoms in total. The molecule has 1 heterocycles. The third-order valence-electron chi connectivity index (χ3n) is 4.63. The number of likely N-dealkylation sites (N-methyl/N-ethyl adjacent to an activating group) is 1. The van der Waals surface area contributed by atoms with Crippen LogP contribution in [0.3, 0.4) is 0 Å². The molecule has 0 aromatic heterocycles. The van der Waals surface area contributed by atoms with Gasteiger partial charge in [0.25, 0.3) is 0 Å². The van der Waals surface area contributed by atoms with Gasteiger partial charge in [-0.15, -0.1) is 0 Å². The van der Waals surface area contributed by atoms with Crippen LogP contribution in [0.25, 0.3) is 0 Å². The van der Waals surface area contributed by atoms with Crippen molar-refractivity contribution in [2.75, 3.05) is 7.05 Å². The molecule has 1 unspecified atom stereocenters. The average molecular weight is 261 g/mol. The van der Waals surface area contributed by atoms with Crippen LogP contribution in [-0.4, -0.2) is 26.1 Å². The molecule has 1 saturated heterocycles. The van der Waals surface area contributed by atoms with Gasteiger partial charge in [-0.2, -0.15) is 0 Å². The molecule has 0 spiro atoms. The summed E-state index contributed by atoms with van der Waals surface area (Å²) in [5.41, 5.74) is 1.55. The maximum atomic E-state index is 2.64. The van der Waals surface area contributed by atoms with E-state index >= 15 is 0 Å². The summed E-state index contributed by atoms with van der Waals surface area (Å²) in [6, 6.07) is 12.0. The highest BCUT2D eigenvalue weighted by Crippen LogP contribution is 2.56. The number of hydrogen-bond donors (Lipinski definition) is 0. The first-order chi connectivity index (χ1) is 8.46. The van der Waals surface area contributed by atoms with Crippen molar-refractivity contribution in [3.8, 4) is 0 Å². The van der Waals surface area contributed by atoms with Crippen LogP contribution in [0.5, 0.6) is 0 Å². The standard InChI is InChI=1S/C16H27NSi/c1-6-7-13-15-16(17(15)2,18(3,4)5)14-11-9-8-10-12-14/h8-12,15H,6-7,13H2,1-5H3/t15-,16-,17?/m0/s1. The fraction of sp³-hybridized carbons (Fsp3) is 0.625. The third-order valence-corrected chi connectivity index (χ3v) is 7.89. The molecular formula is C16H27NSi. The topological polar surface area (TPSA) is 3.01 Å². The van der Waals surface area contributed by atoms with E-state index in [-0.39, 0.29) is 0 Å². The Morgan fingerprint density at radius 2 is 1.78 bits per heavy atom. The van der Waals surface area contributed by atoms with Gasteiger partial charge in [-0.1, -0.05) is 69.7 Å². The quantitative estimate of drug-likeness (QED) is 0.565. The Balaban J connectivity index is 2.34. The van der Waals surface area contributed by atoms with Gasteiger partial charge < -0.3 is 0 Å². The SMILES string of the molecule is CCCC[C@@H]1N(C)[C@@]1(c1ccccc1)[Si](C)(C)C. The van der Waals surface area contributed by atoms with Gasteiger partial charge in [0.05, 0.1) is 13.2 Å². The van der Waals surface area contributed by atoms with E-state index in [1.54, 1.807) is 5.56 Å². The molecule has 18 heavy (non-hydrogen) atoms. The average Bonchev–Trinajstić information content (AvgIpc) is 2.93. The van der Waals surface area contributed by atoms with Crippen molar-refractivity contribution < 1.29 is 0 Å². The molecule has 1 aromatic rings. The number of hydrogen-bond acceptors (Lipinski definition) is 1. The van der Waals surface area contributed by atoms with E-state index in [0.29, 0.717) is 5.16 Å². The van der Waals surface area contributed by atoms with Gasteiger partial charge in [-0.3, -0.25) is 4.90 Å². The summed E-state index contributed by atoms with van der Waals surface area (Å²) < 4.78 is 0. The predicted molar refractivity (Wildman–Crippen MR) is 82.5 cm³/mol. The van der Waals surface area contributed by atoms with Crippen LogP contribution in [-0.2, 0) is 5.16 Å². The molecule has 1 aromatic carbocycles. The highest BCUT2D eigenvalue weighted by Gasteiger charge is 2.66. The van der Waals surface area contributed by atoms with E-state index < -0.39 is 8.07 Å². The Kier molecular flexibility index (Phi) is 3.70. The first-order valence-corrected chi connectivity index (χ1v) is 10.7. The zero-order chi connectivity index (χ0) is 13.4. The molecule has 1 fully saturated rings. The summed E-state index contributed by atoms with van der Waals surface area (Å²) in [5.74, 6) is 0. The lowest BCUT2D eigenvalue weighted by molar-refractivity contribution is 0.539. The van der Waals surface area contributed by atoms with Gasteiger partial charge in [-0.25, -0.2) is 0 Å². The van der Waals surface area contributed by atoms with Gasteiger partial charge in [0.2, 0.25) is 0 Å². The Bertz CT molecular complexity index is 395. The summed E-state index contributed by atoms with van der Waals surface area (Å²) >= 11 is 0. The van der Waals surface area contributed by atoms with E-state index in [9.17, 15) is 0 Å². The monoisotopic (exact) mass is 261 g/mol. The lowest BCUT2D eigenvalue weighted by Crippen LogP contribution is -2.43. The second-order valence-corrected chi connectivity index (χ2v) is 11.9. The van der Waals surface area contributed by atoms with Crippen molar-refractivity contribution in [1.29, 1.82) is 0 Å². The summed E-state index contributed by atoms with van der Waals surface area (Å²) in [5, 5.41) is 0.378. The van der Waals surface area contributed by atoms with Crippen LogP contribution in [0.15, 0.2) is 30.3 Å². The Morgan fingerprint density at radius 1 is 1.17 bits per heavy atom. The van der Waals surface area contributed by atoms with Crippen molar-refractivity contribution in [3.05, 3.63) is 35.9 Å². The van der Waals surface area contributed by atoms with Crippen LogP contribution in [0, 0.1) is 0 Å². The van der Waals surface area contributed by atoms with Crippen LogP contribution in [0.4, 0.5) is 0 Å². The summed E-state index contributed by atoms with van der Waals surface area (Å²) in [7, 11) is 1.06. The molecule has 0 saturated carbocycles. The zero-order valence-electron chi connectivity index (χ0n) is 12.5. The van der Waals surface area contributed by atoms with Gasteiger partial charge in [-0.05, 0) is 19.0 Å². The predicted octanol–water partition coefficient (Wildman–Crippen LogP) is 4.26. The van der Waals surface area contributed by atoms with E-state index in [0.717, 1.165) is 6.04 Å². The van der Waals surface area contributed by atoms with Crippen molar-refractivity contribution in [3.63, 3.8) is 0 Å². The minimum absolute atomic E-state index is 0.378. The van der Waals surface area contributed by atoms with Crippen LogP contribution < -0.4 is 0 Å². The number of nitrogens with zero attached hydrogens (tertiary/aromatic N) is 1. The van der Waals surface area contributed by atoms with E-state index in [2.05, 4.69) is 68.8 Å². The number of rotatable bonds is 5. The smallest absolute Gasteiger partial charge is 0.0754 e. The molecule has 3 atom stereocenters. The molecule has 100 valence electrons. The number of unbranched alkanes of at least 4 members (excludes halogenated alkanes) is 1. The van der Waals surface area contributed by atoms with E-state index in [1.165, 1.54) is 19.3 Å². The summed E-state index contributed by atoms with van der Waals surface area (Å²) in [4.78, 5) is 2.64. The molecule has 1 aliphatic heterocycles. The zero-order valence-corrected chi connectivity index (χ0v) is 13.5. The van der Waals surface area contributed by atoms with Crippen molar-refractivity contribution in [1.82, 2.24) is 4.90 Å². The molecule has 0 radical (unpaired) electrons. The highest BCUT2D eigenvalue weighted by atomic mass is 28.3. The van der Waals surface area contributed by atoms with Gasteiger partial charge in [0, 0.05) is 6.04 Å². The van der Waals surface area contributed by atoms with Crippen LogP contribution in [0.2, 0.25) is 19.6 Å². The van der Waals surface area contributed by atoms with Crippen LogP contribution in [0.1, 0.15) is 31.7 Å². The normalized spacial score (nSPS) is 31.4. The van der Waals surface area contributed by atoms with Gasteiger partial charge in [0.1, 0.15) is 0 Å². The van der Waals surface area contributed by atoms with Gasteiger partial charge >= 0.3 is 0 Å². The molecule has 0 N–H and O–H groups in total. The van der Waals surface area contributed by atoms with Crippen molar-refractivity contribution in [2.45, 2.75) is 57.0 Å². The molecule has 0 aliphatic carbocycles. The maximum absolute atomic E-state index is 2.64. The van der Waals surface area contributed by atoms with Crippen LogP contribution >= 0.6 is 0 Å². The van der Waals surface area contributed by atoms with Crippen molar-refractivity contribution in [2.24, 2.45) is 0 Å². The fourth-order valence-corrected chi connectivity index (χ4v) is 7.36. The molecule has 2 rings (SSSR count). The van der Waals surface area contributed by atoms with Gasteiger partial charge in [0.15, 0.2) is 0 Å². The fourth-order valence-electron chi connectivity index (χ4n) is 3.84. The molecule has 0 amide bonds. The lowest BCUT2D eigenvalue weighted by Gasteiger charge is -2.30. The highest BCUT2D eigenvalue weighted by molar-refractivity contribution is 6.80. The molecule has 2 heteroatoms. The number of benzene rings is 1. The Labute approximate surface area is 113 Å². The summed E-state index contributed by atoms with van der Waals surface area (Å²) in [6.07, 6.45) is 4.02. The molecule has 1 aliphatic rings. The second-order valence-electron chi connectivity index (χ2n) is 6.65. The first-order valence-electron chi connectivity index (χ1n) is 7.24.